The first kappa shape index (κ1) is 8.72. The molecule has 0 aromatic carbocycles. The van der Waals surface area contributed by atoms with Crippen molar-refractivity contribution in [3.63, 3.8) is 0 Å². The van der Waals surface area contributed by atoms with Gasteiger partial charge in [-0.2, -0.15) is 5.10 Å². The molecule has 1 atom stereocenters. The molecule has 0 aliphatic carbocycles. The highest BCUT2D eigenvalue weighted by Gasteiger charge is 2.17. The highest BCUT2D eigenvalue weighted by molar-refractivity contribution is 4.81. The molecular formula is C9H15N3O. The van der Waals surface area contributed by atoms with Crippen molar-refractivity contribution in [1.82, 2.24) is 14.7 Å². The molecule has 4 heteroatoms. The number of hydrogen-bond acceptors (Lipinski definition) is 3. The lowest BCUT2D eigenvalue weighted by molar-refractivity contribution is 0.000501. The van der Waals surface area contributed by atoms with Crippen molar-refractivity contribution >= 4 is 0 Å². The van der Waals surface area contributed by atoms with Crippen molar-refractivity contribution < 1.29 is 4.74 Å². The molecule has 1 saturated heterocycles. The maximum Gasteiger partial charge on any atom is 0.101 e. The predicted octanol–water partition coefficient (Wildman–Crippen LogP) is 0.734. The fraction of sp³-hybridized carbons (Fsp3) is 0.667. The summed E-state index contributed by atoms with van der Waals surface area (Å²) in [4.78, 5) is 2.37. The number of rotatable bonds is 2. The van der Waals surface area contributed by atoms with E-state index < -0.39 is 0 Å². The lowest BCUT2D eigenvalue weighted by Crippen LogP contribution is -2.40. The van der Waals surface area contributed by atoms with Crippen molar-refractivity contribution in [2.45, 2.75) is 13.1 Å². The molecule has 1 fully saturated rings. The Balaban J connectivity index is 1.99. The van der Waals surface area contributed by atoms with Gasteiger partial charge in [0, 0.05) is 25.5 Å². The smallest absolute Gasteiger partial charge is 0.101 e. The van der Waals surface area contributed by atoms with Gasteiger partial charge in [0.2, 0.25) is 0 Å². The van der Waals surface area contributed by atoms with Crippen LogP contribution in [0.1, 0.15) is 13.1 Å². The van der Waals surface area contributed by atoms with Crippen molar-refractivity contribution in [3.05, 3.63) is 18.5 Å². The first-order valence-electron chi connectivity index (χ1n) is 4.69. The number of hydrogen-bond donors (Lipinski definition) is 0. The first-order chi connectivity index (χ1) is 6.38. The van der Waals surface area contributed by atoms with E-state index in [4.69, 9.17) is 4.74 Å². The van der Waals surface area contributed by atoms with Gasteiger partial charge in [0.05, 0.1) is 13.2 Å². The third-order valence-corrected chi connectivity index (χ3v) is 2.48. The second kappa shape index (κ2) is 3.89. The van der Waals surface area contributed by atoms with Gasteiger partial charge in [-0.1, -0.05) is 0 Å². The minimum absolute atomic E-state index is 0.346. The van der Waals surface area contributed by atoms with E-state index >= 15 is 0 Å². The summed E-state index contributed by atoms with van der Waals surface area (Å²) in [6.07, 6.45) is 4.16. The van der Waals surface area contributed by atoms with Crippen molar-refractivity contribution in [3.8, 4) is 0 Å². The van der Waals surface area contributed by atoms with Crippen LogP contribution in [0.25, 0.3) is 0 Å². The average molecular weight is 181 g/mol. The lowest BCUT2D eigenvalue weighted by Gasteiger charge is -2.32. The molecule has 0 N–H and O–H groups in total. The normalized spacial score (nSPS) is 21.6. The van der Waals surface area contributed by atoms with Crippen LogP contribution in [0.2, 0.25) is 0 Å². The molecule has 1 unspecified atom stereocenters. The Kier molecular flexibility index (Phi) is 2.61. The SMILES string of the molecule is CC(N1CCOCC1)n1cccn1. The molecule has 0 saturated carbocycles. The van der Waals surface area contributed by atoms with Crippen LogP contribution in [-0.4, -0.2) is 41.0 Å². The highest BCUT2D eigenvalue weighted by atomic mass is 16.5. The summed E-state index contributed by atoms with van der Waals surface area (Å²) in [6, 6.07) is 1.96. The summed E-state index contributed by atoms with van der Waals surface area (Å²) in [5.41, 5.74) is 0. The van der Waals surface area contributed by atoms with Gasteiger partial charge in [0.1, 0.15) is 6.17 Å². The van der Waals surface area contributed by atoms with E-state index in [-0.39, 0.29) is 0 Å². The Morgan fingerprint density at radius 1 is 1.38 bits per heavy atom. The van der Waals surface area contributed by atoms with Crippen molar-refractivity contribution in [2.24, 2.45) is 0 Å². The maximum absolute atomic E-state index is 5.30. The van der Waals surface area contributed by atoms with Crippen LogP contribution in [0.15, 0.2) is 18.5 Å². The van der Waals surface area contributed by atoms with Gasteiger partial charge in [-0.3, -0.25) is 9.58 Å². The van der Waals surface area contributed by atoms with Crippen LogP contribution in [0.5, 0.6) is 0 Å². The van der Waals surface area contributed by atoms with Crippen LogP contribution in [0.4, 0.5) is 0 Å². The molecular weight excluding hydrogens is 166 g/mol. The minimum Gasteiger partial charge on any atom is -0.379 e. The summed E-state index contributed by atoms with van der Waals surface area (Å²) in [6.45, 7) is 5.84. The van der Waals surface area contributed by atoms with Crippen LogP contribution < -0.4 is 0 Å². The molecule has 0 bridgehead atoms. The van der Waals surface area contributed by atoms with Crippen LogP contribution in [0.3, 0.4) is 0 Å². The Morgan fingerprint density at radius 3 is 2.77 bits per heavy atom. The zero-order chi connectivity index (χ0) is 9.10. The molecule has 0 spiro atoms. The molecule has 1 aliphatic rings. The summed E-state index contributed by atoms with van der Waals surface area (Å²) in [5, 5.41) is 4.23. The van der Waals surface area contributed by atoms with Gasteiger partial charge in [-0.15, -0.1) is 0 Å². The second-order valence-electron chi connectivity index (χ2n) is 3.27. The number of aromatic nitrogens is 2. The number of nitrogens with zero attached hydrogens (tertiary/aromatic N) is 3. The molecule has 0 amide bonds. The molecule has 2 heterocycles. The lowest BCUT2D eigenvalue weighted by atomic mass is 10.4. The largest absolute Gasteiger partial charge is 0.379 e. The molecule has 72 valence electrons. The fourth-order valence-electron chi connectivity index (χ4n) is 1.62. The molecule has 1 aromatic rings. The van der Waals surface area contributed by atoms with Crippen LogP contribution >= 0.6 is 0 Å². The Bertz CT molecular complexity index is 241. The van der Waals surface area contributed by atoms with E-state index in [0.29, 0.717) is 6.17 Å². The standard InChI is InChI=1S/C9H15N3O/c1-9(12-4-2-3-10-12)11-5-7-13-8-6-11/h2-4,9H,5-8H2,1H3. The summed E-state index contributed by atoms with van der Waals surface area (Å²) < 4.78 is 7.27. The van der Waals surface area contributed by atoms with Gasteiger partial charge in [0.25, 0.3) is 0 Å². The molecule has 13 heavy (non-hydrogen) atoms. The maximum atomic E-state index is 5.30. The number of ether oxygens (including phenoxy) is 1. The summed E-state index contributed by atoms with van der Waals surface area (Å²) >= 11 is 0. The third-order valence-electron chi connectivity index (χ3n) is 2.48. The van der Waals surface area contributed by atoms with E-state index in [0.717, 1.165) is 26.3 Å². The van der Waals surface area contributed by atoms with Gasteiger partial charge in [-0.25, -0.2) is 0 Å². The van der Waals surface area contributed by atoms with E-state index in [1.807, 2.05) is 23.1 Å². The predicted molar refractivity (Wildman–Crippen MR) is 49.3 cm³/mol. The zero-order valence-corrected chi connectivity index (χ0v) is 7.89. The third kappa shape index (κ3) is 1.89. The van der Waals surface area contributed by atoms with E-state index in [1.165, 1.54) is 0 Å². The van der Waals surface area contributed by atoms with Crippen LogP contribution in [0, 0.1) is 0 Å². The molecule has 4 nitrogen and oxygen atoms in total. The molecule has 1 aromatic heterocycles. The summed E-state index contributed by atoms with van der Waals surface area (Å²) in [7, 11) is 0. The zero-order valence-electron chi connectivity index (χ0n) is 7.89. The average Bonchev–Trinajstić information content (AvgIpc) is 2.71. The molecule has 1 aliphatic heterocycles. The minimum atomic E-state index is 0.346. The summed E-state index contributed by atoms with van der Waals surface area (Å²) in [5.74, 6) is 0. The number of morpholine rings is 1. The quantitative estimate of drug-likeness (QED) is 0.674. The van der Waals surface area contributed by atoms with Gasteiger partial charge >= 0.3 is 0 Å². The Hall–Kier alpha value is -0.870. The Morgan fingerprint density at radius 2 is 2.15 bits per heavy atom. The first-order valence-corrected chi connectivity index (χ1v) is 4.69. The van der Waals surface area contributed by atoms with Crippen molar-refractivity contribution in [2.75, 3.05) is 26.3 Å². The van der Waals surface area contributed by atoms with Gasteiger partial charge in [0.15, 0.2) is 0 Å². The second-order valence-corrected chi connectivity index (χ2v) is 3.27. The molecule has 2 rings (SSSR count). The van der Waals surface area contributed by atoms with E-state index in [1.54, 1.807) is 0 Å². The van der Waals surface area contributed by atoms with Crippen molar-refractivity contribution in [1.29, 1.82) is 0 Å². The van der Waals surface area contributed by atoms with E-state index in [2.05, 4.69) is 16.9 Å². The topological polar surface area (TPSA) is 30.3 Å². The Labute approximate surface area is 78.1 Å². The van der Waals surface area contributed by atoms with Gasteiger partial charge < -0.3 is 4.74 Å². The monoisotopic (exact) mass is 181 g/mol. The van der Waals surface area contributed by atoms with E-state index in [9.17, 15) is 0 Å². The van der Waals surface area contributed by atoms with Gasteiger partial charge in [-0.05, 0) is 13.0 Å². The molecule has 0 radical (unpaired) electrons. The highest BCUT2D eigenvalue weighted by Crippen LogP contribution is 2.12. The van der Waals surface area contributed by atoms with Crippen LogP contribution in [-0.2, 0) is 4.74 Å². The fourth-order valence-corrected chi connectivity index (χ4v) is 1.62.